The summed E-state index contributed by atoms with van der Waals surface area (Å²) in [4.78, 5) is 0. The monoisotopic (exact) mass is 326 g/mol. The van der Waals surface area contributed by atoms with Gasteiger partial charge in [0.25, 0.3) is 0 Å². The lowest BCUT2D eigenvalue weighted by Gasteiger charge is -2.12. The number of halogens is 2. The van der Waals surface area contributed by atoms with Crippen molar-refractivity contribution >= 4 is 27.5 Å². The molecule has 2 aromatic rings. The lowest BCUT2D eigenvalue weighted by molar-refractivity contribution is 0.615. The molecular formula is C14H16BrClN2. The third-order valence-electron chi connectivity index (χ3n) is 2.90. The summed E-state index contributed by atoms with van der Waals surface area (Å²) in [5, 5.41) is 4.45. The fourth-order valence-corrected chi connectivity index (χ4v) is 2.56. The van der Waals surface area contributed by atoms with Crippen LogP contribution < -0.4 is 0 Å². The average Bonchev–Trinajstić information content (AvgIpc) is 2.75. The Morgan fingerprint density at radius 3 is 2.50 bits per heavy atom. The molecule has 0 N–H and O–H groups in total. The van der Waals surface area contributed by atoms with E-state index in [0.717, 1.165) is 16.6 Å². The van der Waals surface area contributed by atoms with Gasteiger partial charge in [0, 0.05) is 15.7 Å². The van der Waals surface area contributed by atoms with Crippen molar-refractivity contribution in [3.8, 4) is 0 Å². The Hall–Kier alpha value is -0.800. The van der Waals surface area contributed by atoms with E-state index in [1.54, 1.807) is 0 Å². The number of hydrogen-bond donors (Lipinski definition) is 0. The highest BCUT2D eigenvalue weighted by atomic mass is 79.9. The van der Waals surface area contributed by atoms with Gasteiger partial charge in [0.2, 0.25) is 0 Å². The van der Waals surface area contributed by atoms with E-state index in [4.69, 9.17) is 11.6 Å². The molecule has 0 saturated carbocycles. The van der Waals surface area contributed by atoms with Gasteiger partial charge in [-0.1, -0.05) is 41.9 Å². The van der Waals surface area contributed by atoms with Crippen molar-refractivity contribution in [2.75, 3.05) is 0 Å². The highest BCUT2D eigenvalue weighted by molar-refractivity contribution is 9.10. The van der Waals surface area contributed by atoms with Crippen LogP contribution in [0, 0.1) is 0 Å². The van der Waals surface area contributed by atoms with E-state index >= 15 is 0 Å². The van der Waals surface area contributed by atoms with Crippen LogP contribution in [0.25, 0.3) is 0 Å². The highest BCUT2D eigenvalue weighted by Gasteiger charge is 2.13. The van der Waals surface area contributed by atoms with Crippen LogP contribution in [0.5, 0.6) is 0 Å². The van der Waals surface area contributed by atoms with E-state index in [2.05, 4.69) is 59.1 Å². The van der Waals surface area contributed by atoms with Crippen molar-refractivity contribution in [1.82, 2.24) is 9.78 Å². The third kappa shape index (κ3) is 2.96. The number of aromatic nitrogens is 2. The molecule has 0 atom stereocenters. The lowest BCUT2D eigenvalue weighted by atomic mass is 10.1. The maximum Gasteiger partial charge on any atom is 0.0662 e. The zero-order valence-corrected chi connectivity index (χ0v) is 12.9. The van der Waals surface area contributed by atoms with E-state index in [1.807, 2.05) is 10.9 Å². The second-order valence-corrected chi connectivity index (χ2v) is 5.81. The lowest BCUT2D eigenvalue weighted by Crippen LogP contribution is -2.08. The van der Waals surface area contributed by atoms with Gasteiger partial charge in [0.15, 0.2) is 0 Å². The fourth-order valence-electron chi connectivity index (χ4n) is 2.09. The van der Waals surface area contributed by atoms with Gasteiger partial charge in [0.05, 0.1) is 18.6 Å². The molecule has 0 amide bonds. The molecule has 1 aromatic carbocycles. The summed E-state index contributed by atoms with van der Waals surface area (Å²) in [6.45, 7) is 5.13. The largest absolute Gasteiger partial charge is 0.265 e. The van der Waals surface area contributed by atoms with E-state index in [0.29, 0.717) is 11.8 Å². The Morgan fingerprint density at radius 2 is 1.94 bits per heavy atom. The molecule has 4 heteroatoms. The van der Waals surface area contributed by atoms with Gasteiger partial charge in [-0.15, -0.1) is 11.6 Å². The minimum Gasteiger partial charge on any atom is -0.265 e. The summed E-state index contributed by atoms with van der Waals surface area (Å²) in [7, 11) is 0. The molecule has 0 unspecified atom stereocenters. The minimum absolute atomic E-state index is 0.427. The summed E-state index contributed by atoms with van der Waals surface area (Å²) in [6, 6.07) is 8.32. The maximum atomic E-state index is 5.95. The number of alkyl halides is 1. The van der Waals surface area contributed by atoms with Crippen molar-refractivity contribution in [2.45, 2.75) is 32.2 Å². The molecule has 0 aliphatic heterocycles. The van der Waals surface area contributed by atoms with Gasteiger partial charge < -0.3 is 0 Å². The van der Waals surface area contributed by atoms with E-state index < -0.39 is 0 Å². The van der Waals surface area contributed by atoms with Crippen molar-refractivity contribution < 1.29 is 0 Å². The Morgan fingerprint density at radius 1 is 1.28 bits per heavy atom. The molecule has 2 rings (SSSR count). The molecule has 0 aliphatic rings. The molecule has 1 heterocycles. The van der Waals surface area contributed by atoms with Gasteiger partial charge in [0.1, 0.15) is 0 Å². The van der Waals surface area contributed by atoms with Crippen LogP contribution in [-0.4, -0.2) is 9.78 Å². The van der Waals surface area contributed by atoms with Gasteiger partial charge in [-0.25, -0.2) is 0 Å². The first-order valence-electron chi connectivity index (χ1n) is 5.96. The Kier molecular flexibility index (Phi) is 4.46. The number of rotatable bonds is 4. The van der Waals surface area contributed by atoms with Crippen molar-refractivity contribution in [1.29, 1.82) is 0 Å². The van der Waals surface area contributed by atoms with Gasteiger partial charge >= 0.3 is 0 Å². The highest BCUT2D eigenvalue weighted by Crippen LogP contribution is 2.22. The van der Waals surface area contributed by atoms with Crippen molar-refractivity contribution in [2.24, 2.45) is 0 Å². The Balaban J connectivity index is 2.28. The number of hydrogen-bond acceptors (Lipinski definition) is 1. The van der Waals surface area contributed by atoms with Gasteiger partial charge in [-0.05, 0) is 23.6 Å². The summed E-state index contributed by atoms with van der Waals surface area (Å²) < 4.78 is 3.14. The predicted molar refractivity (Wildman–Crippen MR) is 79.1 cm³/mol. The second-order valence-electron chi connectivity index (χ2n) is 4.63. The summed E-state index contributed by atoms with van der Waals surface area (Å²) in [5.74, 6) is 0.949. The predicted octanol–water partition coefficient (Wildman–Crippen LogP) is 4.56. The van der Waals surface area contributed by atoms with E-state index in [1.165, 1.54) is 11.3 Å². The standard InChI is InChI=1S/C14H16BrClN2/c1-10(2)14-12(7-16)8-17-18(14)9-11-3-5-13(15)6-4-11/h3-6,8,10H,7,9H2,1-2H3. The molecule has 0 aliphatic carbocycles. The second kappa shape index (κ2) is 5.89. The quantitative estimate of drug-likeness (QED) is 0.753. The zero-order chi connectivity index (χ0) is 13.1. The van der Waals surface area contributed by atoms with E-state index in [-0.39, 0.29) is 0 Å². The minimum atomic E-state index is 0.427. The first-order valence-corrected chi connectivity index (χ1v) is 7.29. The zero-order valence-electron chi connectivity index (χ0n) is 10.5. The topological polar surface area (TPSA) is 17.8 Å². The SMILES string of the molecule is CC(C)c1c(CCl)cnn1Cc1ccc(Br)cc1. The molecule has 0 saturated heterocycles. The average molecular weight is 328 g/mol. The van der Waals surface area contributed by atoms with Gasteiger partial charge in [-0.3, -0.25) is 4.68 Å². The van der Waals surface area contributed by atoms with Crippen LogP contribution >= 0.6 is 27.5 Å². The van der Waals surface area contributed by atoms with Crippen molar-refractivity contribution in [3.05, 3.63) is 51.8 Å². The van der Waals surface area contributed by atoms with Gasteiger partial charge in [-0.2, -0.15) is 5.10 Å². The number of benzene rings is 1. The normalized spacial score (nSPS) is 11.2. The smallest absolute Gasteiger partial charge is 0.0662 e. The first-order chi connectivity index (χ1) is 8.61. The molecular weight excluding hydrogens is 312 g/mol. The Bertz CT molecular complexity index is 517. The first kappa shape index (κ1) is 13.6. The fraction of sp³-hybridized carbons (Fsp3) is 0.357. The molecule has 2 nitrogen and oxygen atoms in total. The van der Waals surface area contributed by atoms with Crippen molar-refractivity contribution in [3.63, 3.8) is 0 Å². The molecule has 0 radical (unpaired) electrons. The summed E-state index contributed by atoms with van der Waals surface area (Å²) >= 11 is 9.40. The summed E-state index contributed by atoms with van der Waals surface area (Å²) in [6.07, 6.45) is 1.88. The van der Waals surface area contributed by atoms with Crippen LogP contribution in [0.4, 0.5) is 0 Å². The van der Waals surface area contributed by atoms with Crippen LogP contribution in [0.15, 0.2) is 34.9 Å². The Labute approximate surface area is 121 Å². The van der Waals surface area contributed by atoms with Crippen LogP contribution in [-0.2, 0) is 12.4 Å². The molecule has 18 heavy (non-hydrogen) atoms. The molecule has 96 valence electrons. The molecule has 0 bridgehead atoms. The third-order valence-corrected chi connectivity index (χ3v) is 3.71. The van der Waals surface area contributed by atoms with Crippen LogP contribution in [0.1, 0.15) is 36.6 Å². The number of nitrogens with zero attached hydrogens (tertiary/aromatic N) is 2. The van der Waals surface area contributed by atoms with Crippen LogP contribution in [0.2, 0.25) is 0 Å². The molecule has 0 fully saturated rings. The maximum absolute atomic E-state index is 5.95. The molecule has 1 aromatic heterocycles. The summed E-state index contributed by atoms with van der Waals surface area (Å²) in [5.41, 5.74) is 3.60. The van der Waals surface area contributed by atoms with E-state index in [9.17, 15) is 0 Å². The molecule has 0 spiro atoms. The van der Waals surface area contributed by atoms with Crippen LogP contribution in [0.3, 0.4) is 0 Å².